The summed E-state index contributed by atoms with van der Waals surface area (Å²) in [6, 6.07) is 2.54. The van der Waals surface area contributed by atoms with Crippen molar-refractivity contribution >= 4 is 11.8 Å². The Labute approximate surface area is 108 Å². The summed E-state index contributed by atoms with van der Waals surface area (Å²) in [4.78, 5) is 13.2. The summed E-state index contributed by atoms with van der Waals surface area (Å²) >= 11 is 0. The minimum Gasteiger partial charge on any atom is -0.356 e. The summed E-state index contributed by atoms with van der Waals surface area (Å²) in [7, 11) is 4.26. The summed E-state index contributed by atoms with van der Waals surface area (Å²) in [5, 5.41) is 0. The average molecular weight is 250 g/mol. The second-order valence-electron chi connectivity index (χ2n) is 4.98. The number of likely N-dealkylation sites (tertiary alicyclic amines) is 1. The van der Waals surface area contributed by atoms with Crippen LogP contribution in [0.2, 0.25) is 0 Å². The first-order valence-corrected chi connectivity index (χ1v) is 6.34. The van der Waals surface area contributed by atoms with Gasteiger partial charge in [-0.05, 0) is 39.9 Å². The molecule has 18 heavy (non-hydrogen) atoms. The Bertz CT molecular complexity index is 400. The van der Waals surface area contributed by atoms with Gasteiger partial charge >= 0.3 is 0 Å². The third-order valence-corrected chi connectivity index (χ3v) is 3.57. The predicted molar refractivity (Wildman–Crippen MR) is 73.5 cm³/mol. The summed E-state index contributed by atoms with van der Waals surface area (Å²) in [5.41, 5.74) is 3.44. The Morgan fingerprint density at radius 3 is 2.67 bits per heavy atom. The molecule has 2 rings (SSSR count). The molecule has 0 saturated carbocycles. The van der Waals surface area contributed by atoms with Gasteiger partial charge in [-0.25, -0.2) is 10.8 Å². The van der Waals surface area contributed by atoms with Crippen molar-refractivity contribution < 1.29 is 0 Å². The van der Waals surface area contributed by atoms with E-state index < -0.39 is 0 Å². The molecule has 6 heteroatoms. The first-order chi connectivity index (χ1) is 8.60. The van der Waals surface area contributed by atoms with Gasteiger partial charge in [-0.15, -0.1) is 0 Å². The number of hydrogen-bond acceptors (Lipinski definition) is 6. The van der Waals surface area contributed by atoms with Crippen molar-refractivity contribution in [3.8, 4) is 0 Å². The lowest BCUT2D eigenvalue weighted by atomic mass is 10.0. The highest BCUT2D eigenvalue weighted by Crippen LogP contribution is 2.21. The van der Waals surface area contributed by atoms with Gasteiger partial charge in [-0.1, -0.05) is 0 Å². The van der Waals surface area contributed by atoms with E-state index in [-0.39, 0.29) is 0 Å². The molecule has 0 unspecified atom stereocenters. The smallest absolute Gasteiger partial charge is 0.239 e. The van der Waals surface area contributed by atoms with Crippen LogP contribution in [0.3, 0.4) is 0 Å². The molecule has 0 atom stereocenters. The van der Waals surface area contributed by atoms with Gasteiger partial charge in [0.2, 0.25) is 5.95 Å². The van der Waals surface area contributed by atoms with Crippen molar-refractivity contribution in [2.24, 2.45) is 5.84 Å². The largest absolute Gasteiger partial charge is 0.356 e. The lowest BCUT2D eigenvalue weighted by molar-refractivity contribution is 0.252. The lowest BCUT2D eigenvalue weighted by Gasteiger charge is -2.35. The van der Waals surface area contributed by atoms with E-state index in [2.05, 4.69) is 39.3 Å². The monoisotopic (exact) mass is 250 g/mol. The molecule has 0 aromatic carbocycles. The van der Waals surface area contributed by atoms with Gasteiger partial charge < -0.3 is 9.80 Å². The van der Waals surface area contributed by atoms with E-state index >= 15 is 0 Å². The van der Waals surface area contributed by atoms with Crippen LogP contribution in [0.5, 0.6) is 0 Å². The molecule has 0 bridgehead atoms. The minimum absolute atomic E-state index is 0.477. The number of nitrogens with zero attached hydrogens (tertiary/aromatic N) is 4. The van der Waals surface area contributed by atoms with Crippen LogP contribution < -0.4 is 16.2 Å². The van der Waals surface area contributed by atoms with E-state index in [1.165, 1.54) is 12.8 Å². The van der Waals surface area contributed by atoms with Crippen molar-refractivity contribution in [3.05, 3.63) is 11.8 Å². The summed E-state index contributed by atoms with van der Waals surface area (Å²) < 4.78 is 0. The van der Waals surface area contributed by atoms with Gasteiger partial charge in [0, 0.05) is 24.8 Å². The first kappa shape index (κ1) is 13.0. The number of hydrogen-bond donors (Lipinski definition) is 2. The number of anilines is 2. The topological polar surface area (TPSA) is 70.3 Å². The van der Waals surface area contributed by atoms with Crippen molar-refractivity contribution in [1.82, 2.24) is 14.9 Å². The van der Waals surface area contributed by atoms with E-state index in [0.29, 0.717) is 12.0 Å². The van der Waals surface area contributed by atoms with Crippen LogP contribution in [0.4, 0.5) is 11.8 Å². The highest BCUT2D eigenvalue weighted by molar-refractivity contribution is 5.44. The molecule has 0 amide bonds. The Balaban J connectivity index is 2.12. The molecule has 1 aliphatic rings. The summed E-state index contributed by atoms with van der Waals surface area (Å²) in [6.45, 7) is 4.23. The fourth-order valence-electron chi connectivity index (χ4n) is 2.37. The molecule has 3 N–H and O–H groups in total. The summed E-state index contributed by atoms with van der Waals surface area (Å²) in [6.07, 6.45) is 2.34. The molecule has 1 fully saturated rings. The van der Waals surface area contributed by atoms with E-state index in [9.17, 15) is 0 Å². The molecule has 1 saturated heterocycles. The van der Waals surface area contributed by atoms with Crippen LogP contribution in [-0.4, -0.2) is 48.1 Å². The molecule has 0 spiro atoms. The number of nitrogens with two attached hydrogens (primary N) is 1. The summed E-state index contributed by atoms with van der Waals surface area (Å²) in [5.74, 6) is 6.80. The third kappa shape index (κ3) is 2.88. The molecular weight excluding hydrogens is 228 g/mol. The zero-order chi connectivity index (χ0) is 13.1. The van der Waals surface area contributed by atoms with Crippen molar-refractivity contribution in [2.45, 2.75) is 25.8 Å². The second-order valence-corrected chi connectivity index (χ2v) is 4.98. The van der Waals surface area contributed by atoms with Gasteiger partial charge in [-0.2, -0.15) is 4.98 Å². The Kier molecular flexibility index (Phi) is 3.98. The zero-order valence-corrected chi connectivity index (χ0v) is 11.3. The quantitative estimate of drug-likeness (QED) is 0.605. The number of hydrazine groups is 1. The third-order valence-electron chi connectivity index (χ3n) is 3.57. The van der Waals surface area contributed by atoms with E-state index in [1.54, 1.807) is 0 Å². The van der Waals surface area contributed by atoms with Gasteiger partial charge in [0.15, 0.2) is 0 Å². The van der Waals surface area contributed by atoms with Crippen LogP contribution in [0, 0.1) is 6.92 Å². The van der Waals surface area contributed by atoms with Crippen LogP contribution in [0.1, 0.15) is 18.5 Å². The van der Waals surface area contributed by atoms with Crippen molar-refractivity contribution in [1.29, 1.82) is 0 Å². The SMILES string of the molecule is Cc1cc(N(C)C2CCN(C)CC2)nc(NN)n1. The fourth-order valence-corrected chi connectivity index (χ4v) is 2.37. The average Bonchev–Trinajstić information content (AvgIpc) is 2.38. The molecular formula is C12H22N6. The second kappa shape index (κ2) is 5.49. The minimum atomic E-state index is 0.477. The van der Waals surface area contributed by atoms with Gasteiger partial charge in [0.1, 0.15) is 5.82 Å². The molecule has 6 nitrogen and oxygen atoms in total. The normalized spacial score (nSPS) is 17.8. The maximum Gasteiger partial charge on any atom is 0.239 e. The molecule has 1 aromatic heterocycles. The number of aromatic nitrogens is 2. The van der Waals surface area contributed by atoms with Crippen LogP contribution in [-0.2, 0) is 0 Å². The van der Waals surface area contributed by atoms with E-state index in [0.717, 1.165) is 24.6 Å². The lowest BCUT2D eigenvalue weighted by Crippen LogP contribution is -2.42. The van der Waals surface area contributed by atoms with Gasteiger partial charge in [-0.3, -0.25) is 5.43 Å². The first-order valence-electron chi connectivity index (χ1n) is 6.34. The van der Waals surface area contributed by atoms with Crippen LogP contribution in [0.15, 0.2) is 6.07 Å². The molecule has 1 aliphatic heterocycles. The molecule has 100 valence electrons. The predicted octanol–water partition coefficient (Wildman–Crippen LogP) is 0.601. The maximum atomic E-state index is 5.38. The van der Waals surface area contributed by atoms with Crippen LogP contribution in [0.25, 0.3) is 0 Å². The number of rotatable bonds is 3. The number of piperidine rings is 1. The van der Waals surface area contributed by atoms with Gasteiger partial charge in [0.25, 0.3) is 0 Å². The Morgan fingerprint density at radius 1 is 1.39 bits per heavy atom. The van der Waals surface area contributed by atoms with E-state index in [4.69, 9.17) is 5.84 Å². The fraction of sp³-hybridized carbons (Fsp3) is 0.667. The van der Waals surface area contributed by atoms with Crippen molar-refractivity contribution in [2.75, 3.05) is 37.5 Å². The number of aryl methyl sites for hydroxylation is 1. The Morgan fingerprint density at radius 2 is 2.06 bits per heavy atom. The van der Waals surface area contributed by atoms with Crippen molar-refractivity contribution in [3.63, 3.8) is 0 Å². The highest BCUT2D eigenvalue weighted by atomic mass is 15.3. The zero-order valence-electron chi connectivity index (χ0n) is 11.3. The number of nitrogen functional groups attached to an aromatic ring is 1. The molecule has 0 aliphatic carbocycles. The van der Waals surface area contributed by atoms with E-state index in [1.807, 2.05) is 13.0 Å². The molecule has 0 radical (unpaired) electrons. The maximum absolute atomic E-state index is 5.38. The number of nitrogens with one attached hydrogen (secondary N) is 1. The van der Waals surface area contributed by atoms with Crippen LogP contribution >= 0.6 is 0 Å². The highest BCUT2D eigenvalue weighted by Gasteiger charge is 2.21. The standard InChI is InChI=1S/C12H22N6/c1-9-8-11(15-12(14-9)16-13)18(3)10-4-6-17(2)7-5-10/h8,10H,4-7,13H2,1-3H3,(H,14,15,16). The molecule has 2 heterocycles. The van der Waals surface area contributed by atoms with Gasteiger partial charge in [0.05, 0.1) is 0 Å². The Hall–Kier alpha value is -1.40. The molecule has 1 aromatic rings.